The van der Waals surface area contributed by atoms with Crippen LogP contribution >= 0.6 is 0 Å². The van der Waals surface area contributed by atoms with E-state index in [1.54, 1.807) is 18.2 Å². The summed E-state index contributed by atoms with van der Waals surface area (Å²) in [6.45, 7) is 0. The first-order chi connectivity index (χ1) is 15.7. The predicted molar refractivity (Wildman–Crippen MR) is 121 cm³/mol. The molecule has 0 radical (unpaired) electrons. The predicted octanol–water partition coefficient (Wildman–Crippen LogP) is 5.84. The second kappa shape index (κ2) is 8.73. The number of benzene rings is 3. The van der Waals surface area contributed by atoms with E-state index in [4.69, 9.17) is 8.83 Å². The lowest BCUT2D eigenvalue weighted by Crippen LogP contribution is -2.12. The molecule has 0 saturated carbocycles. The average Bonchev–Trinajstić information content (AvgIpc) is 3.53. The fraction of sp³-hybridized carbons (Fsp3) is 0.0385. The number of rotatable bonds is 6. The number of furan rings is 1. The van der Waals surface area contributed by atoms with Crippen molar-refractivity contribution < 1.29 is 13.6 Å². The normalized spacial score (nSPS) is 10.8. The van der Waals surface area contributed by atoms with E-state index in [1.165, 1.54) is 17.4 Å². The van der Waals surface area contributed by atoms with Crippen LogP contribution in [0.2, 0.25) is 0 Å². The smallest absolute Gasteiger partial charge is 0.322 e. The van der Waals surface area contributed by atoms with Crippen molar-refractivity contribution in [1.29, 1.82) is 0 Å². The van der Waals surface area contributed by atoms with Crippen molar-refractivity contribution in [2.24, 2.45) is 0 Å². The summed E-state index contributed by atoms with van der Waals surface area (Å²) < 4.78 is 10.7. The molecule has 0 aliphatic heterocycles. The fourth-order valence-electron chi connectivity index (χ4n) is 3.43. The van der Waals surface area contributed by atoms with E-state index >= 15 is 0 Å². The van der Waals surface area contributed by atoms with Crippen LogP contribution in [-0.4, -0.2) is 16.1 Å². The third kappa shape index (κ3) is 4.34. The minimum Gasteiger partial charge on any atom is -0.459 e. The Bertz CT molecular complexity index is 1320. The molecule has 2 aromatic heterocycles. The van der Waals surface area contributed by atoms with Gasteiger partial charge in [0.1, 0.15) is 0 Å². The van der Waals surface area contributed by atoms with Crippen LogP contribution < -0.4 is 5.32 Å². The molecule has 6 heteroatoms. The molecule has 0 bridgehead atoms. The minimum absolute atomic E-state index is 0.0112. The number of hydrogen-bond donors (Lipinski definition) is 1. The molecular formula is C26H19N3O3. The number of anilines is 1. The Morgan fingerprint density at radius 3 is 2.38 bits per heavy atom. The lowest BCUT2D eigenvalue weighted by atomic mass is 9.99. The first kappa shape index (κ1) is 19.5. The van der Waals surface area contributed by atoms with Gasteiger partial charge in [-0.2, -0.15) is 0 Å². The van der Waals surface area contributed by atoms with Crippen LogP contribution in [0.5, 0.6) is 0 Å². The van der Waals surface area contributed by atoms with Crippen LogP contribution in [0.15, 0.2) is 106 Å². The highest BCUT2D eigenvalue weighted by Gasteiger charge is 2.14. The van der Waals surface area contributed by atoms with Gasteiger partial charge in [-0.3, -0.25) is 10.1 Å². The largest absolute Gasteiger partial charge is 0.459 e. The van der Waals surface area contributed by atoms with E-state index in [0.717, 1.165) is 17.5 Å². The molecule has 0 saturated heterocycles. The Balaban J connectivity index is 1.29. The number of carbonyl (C=O) groups is 1. The molecule has 1 amide bonds. The zero-order chi connectivity index (χ0) is 21.8. The summed E-state index contributed by atoms with van der Waals surface area (Å²) in [5.41, 5.74) is 4.99. The van der Waals surface area contributed by atoms with E-state index in [-0.39, 0.29) is 17.8 Å². The van der Waals surface area contributed by atoms with Crippen molar-refractivity contribution in [3.63, 3.8) is 0 Å². The molecule has 6 nitrogen and oxygen atoms in total. The van der Waals surface area contributed by atoms with Crippen LogP contribution in [-0.2, 0) is 6.42 Å². The number of aromatic nitrogens is 2. The van der Waals surface area contributed by atoms with Crippen molar-refractivity contribution in [3.05, 3.63) is 114 Å². The zero-order valence-corrected chi connectivity index (χ0v) is 17.1. The van der Waals surface area contributed by atoms with Crippen molar-refractivity contribution in [2.45, 2.75) is 6.42 Å². The summed E-state index contributed by atoms with van der Waals surface area (Å²) in [7, 11) is 0. The van der Waals surface area contributed by atoms with E-state index in [0.29, 0.717) is 11.3 Å². The number of amides is 1. The molecule has 5 aromatic rings. The molecule has 32 heavy (non-hydrogen) atoms. The van der Waals surface area contributed by atoms with Gasteiger partial charge in [-0.05, 0) is 52.9 Å². The zero-order valence-electron chi connectivity index (χ0n) is 17.1. The number of nitrogens with one attached hydrogen (secondary N) is 1. The van der Waals surface area contributed by atoms with Gasteiger partial charge in [-0.25, -0.2) is 0 Å². The van der Waals surface area contributed by atoms with E-state index in [9.17, 15) is 4.79 Å². The standard InChI is InChI=1S/C26H19N3O3/c30-24(27-26-29-28-25(32-26)23-10-5-15-31-23)22-9-4-8-21(17-22)20-13-11-19(12-14-20)16-18-6-2-1-3-7-18/h1-15,17H,16H2,(H,27,29,30). The highest BCUT2D eigenvalue weighted by molar-refractivity contribution is 6.03. The topological polar surface area (TPSA) is 81.2 Å². The van der Waals surface area contributed by atoms with E-state index in [1.807, 2.05) is 36.4 Å². The van der Waals surface area contributed by atoms with Gasteiger partial charge in [0.2, 0.25) is 0 Å². The molecule has 0 aliphatic carbocycles. The molecule has 0 fully saturated rings. The van der Waals surface area contributed by atoms with Crippen LogP contribution in [0.1, 0.15) is 21.5 Å². The molecule has 0 unspecified atom stereocenters. The van der Waals surface area contributed by atoms with Gasteiger partial charge in [0.15, 0.2) is 5.76 Å². The van der Waals surface area contributed by atoms with Crippen molar-refractivity contribution in [2.75, 3.05) is 5.32 Å². The average molecular weight is 421 g/mol. The second-order valence-corrected chi connectivity index (χ2v) is 7.28. The molecule has 5 rings (SSSR count). The molecule has 0 aliphatic rings. The molecule has 3 aromatic carbocycles. The van der Waals surface area contributed by atoms with Gasteiger partial charge >= 0.3 is 6.01 Å². The van der Waals surface area contributed by atoms with E-state index in [2.05, 4.69) is 51.9 Å². The minimum atomic E-state index is -0.331. The maximum atomic E-state index is 12.7. The number of carbonyl (C=O) groups excluding carboxylic acids is 1. The Morgan fingerprint density at radius 2 is 1.59 bits per heavy atom. The van der Waals surface area contributed by atoms with Gasteiger partial charge in [-0.15, -0.1) is 5.10 Å². The lowest BCUT2D eigenvalue weighted by molar-refractivity contribution is 0.102. The van der Waals surface area contributed by atoms with Crippen molar-refractivity contribution >= 4 is 11.9 Å². The molecule has 1 N–H and O–H groups in total. The van der Waals surface area contributed by atoms with Gasteiger partial charge in [0.05, 0.1) is 6.26 Å². The first-order valence-corrected chi connectivity index (χ1v) is 10.2. The van der Waals surface area contributed by atoms with Gasteiger partial charge < -0.3 is 8.83 Å². The molecule has 0 atom stereocenters. The van der Waals surface area contributed by atoms with Crippen molar-refractivity contribution in [1.82, 2.24) is 10.2 Å². The SMILES string of the molecule is O=C(Nc1nnc(-c2ccco2)o1)c1cccc(-c2ccc(Cc3ccccc3)cc2)c1. The van der Waals surface area contributed by atoms with Crippen LogP contribution in [0.4, 0.5) is 6.01 Å². The molecule has 156 valence electrons. The van der Waals surface area contributed by atoms with Crippen molar-refractivity contribution in [3.8, 4) is 22.8 Å². The highest BCUT2D eigenvalue weighted by Crippen LogP contribution is 2.23. The Hall–Kier alpha value is -4.45. The first-order valence-electron chi connectivity index (χ1n) is 10.2. The second-order valence-electron chi connectivity index (χ2n) is 7.28. The summed E-state index contributed by atoms with van der Waals surface area (Å²) in [6, 6.07) is 29.6. The van der Waals surface area contributed by atoms with Gasteiger partial charge in [-0.1, -0.05) is 71.8 Å². The lowest BCUT2D eigenvalue weighted by Gasteiger charge is -2.07. The van der Waals surface area contributed by atoms with Gasteiger partial charge in [0, 0.05) is 5.56 Å². The van der Waals surface area contributed by atoms with Crippen LogP contribution in [0.3, 0.4) is 0 Å². The molecule has 0 spiro atoms. The number of nitrogens with zero attached hydrogens (tertiary/aromatic N) is 2. The maximum Gasteiger partial charge on any atom is 0.322 e. The van der Waals surface area contributed by atoms with Crippen LogP contribution in [0.25, 0.3) is 22.8 Å². The van der Waals surface area contributed by atoms with Gasteiger partial charge in [0.25, 0.3) is 11.8 Å². The molecular weight excluding hydrogens is 402 g/mol. The van der Waals surface area contributed by atoms with E-state index < -0.39 is 0 Å². The maximum absolute atomic E-state index is 12.7. The summed E-state index contributed by atoms with van der Waals surface area (Å²) in [4.78, 5) is 12.7. The third-order valence-corrected chi connectivity index (χ3v) is 5.04. The Morgan fingerprint density at radius 1 is 0.781 bits per heavy atom. The Labute approximate surface area is 184 Å². The third-order valence-electron chi connectivity index (χ3n) is 5.04. The fourth-order valence-corrected chi connectivity index (χ4v) is 3.43. The summed E-state index contributed by atoms with van der Waals surface area (Å²) in [5.74, 6) is 0.313. The monoisotopic (exact) mass is 421 g/mol. The number of hydrogen-bond acceptors (Lipinski definition) is 5. The van der Waals surface area contributed by atoms with Crippen LogP contribution in [0, 0.1) is 0 Å². The molecule has 2 heterocycles. The summed E-state index contributed by atoms with van der Waals surface area (Å²) >= 11 is 0. The Kier molecular flexibility index (Phi) is 5.32. The summed E-state index contributed by atoms with van der Waals surface area (Å²) in [5, 5.41) is 10.4. The summed E-state index contributed by atoms with van der Waals surface area (Å²) in [6.07, 6.45) is 2.39. The highest BCUT2D eigenvalue weighted by atomic mass is 16.4. The quantitative estimate of drug-likeness (QED) is 0.372.